The number of fused-ring (bicyclic) bond motifs is 1. The van der Waals surface area contributed by atoms with Gasteiger partial charge in [-0.05, 0) is 18.1 Å². The second kappa shape index (κ2) is 5.35. The third kappa shape index (κ3) is 2.40. The van der Waals surface area contributed by atoms with E-state index in [2.05, 4.69) is 22.3 Å². The van der Waals surface area contributed by atoms with Crippen molar-refractivity contribution in [2.45, 2.75) is 36.7 Å². The molecule has 1 aliphatic rings. The van der Waals surface area contributed by atoms with E-state index in [0.29, 0.717) is 18.1 Å². The van der Waals surface area contributed by atoms with Crippen LogP contribution in [0.5, 0.6) is 0 Å². The monoisotopic (exact) mass is 276 g/mol. The molecule has 5 heteroatoms. The zero-order valence-electron chi connectivity index (χ0n) is 10.7. The average Bonchev–Trinajstić information content (AvgIpc) is 3.05. The maximum atomic E-state index is 9.88. The van der Waals surface area contributed by atoms with E-state index in [1.165, 1.54) is 10.5 Å². The number of thioether (sulfide) groups is 1. The summed E-state index contributed by atoms with van der Waals surface area (Å²) in [5, 5.41) is 13.8. The van der Waals surface area contributed by atoms with Crippen LogP contribution < -0.4 is 0 Å². The molecule has 2 atom stereocenters. The van der Waals surface area contributed by atoms with Crippen LogP contribution in [-0.4, -0.2) is 21.0 Å². The first-order valence-electron chi connectivity index (χ1n) is 6.53. The Hall–Kier alpha value is -1.33. The summed E-state index contributed by atoms with van der Waals surface area (Å²) < 4.78 is 5.34. The van der Waals surface area contributed by atoms with Crippen LogP contribution in [0.3, 0.4) is 0 Å². The number of hydrogen-bond donors (Lipinski definition) is 1. The summed E-state index contributed by atoms with van der Waals surface area (Å²) in [6, 6.07) is 8.29. The minimum atomic E-state index is -0.619. The second-order valence-electron chi connectivity index (χ2n) is 4.70. The van der Waals surface area contributed by atoms with Gasteiger partial charge in [-0.3, -0.25) is 0 Å². The predicted octanol–water partition coefficient (Wildman–Crippen LogP) is 3.14. The van der Waals surface area contributed by atoms with E-state index in [-0.39, 0.29) is 5.92 Å². The van der Waals surface area contributed by atoms with E-state index in [1.807, 2.05) is 30.8 Å². The van der Waals surface area contributed by atoms with Gasteiger partial charge >= 0.3 is 0 Å². The van der Waals surface area contributed by atoms with Crippen molar-refractivity contribution in [2.24, 2.45) is 0 Å². The number of aliphatic hydroxyl groups excluding tert-OH is 1. The molecule has 0 fully saturated rings. The standard InChI is InChI=1S/C14H16N2O2S/c1-2-5-11(17)13-15-14(18-16-13)10-8-19-12-7-4-3-6-9(10)12/h3-4,6-7,10-11,17H,2,5,8H2,1H3. The van der Waals surface area contributed by atoms with Crippen LogP contribution in [0, 0.1) is 0 Å². The van der Waals surface area contributed by atoms with Crippen LogP contribution in [0.2, 0.25) is 0 Å². The van der Waals surface area contributed by atoms with Crippen molar-refractivity contribution < 1.29 is 9.63 Å². The van der Waals surface area contributed by atoms with Gasteiger partial charge in [-0.1, -0.05) is 36.7 Å². The molecule has 3 rings (SSSR count). The second-order valence-corrected chi connectivity index (χ2v) is 5.76. The van der Waals surface area contributed by atoms with Crippen molar-refractivity contribution in [1.29, 1.82) is 0 Å². The van der Waals surface area contributed by atoms with Gasteiger partial charge in [0.1, 0.15) is 6.10 Å². The fraction of sp³-hybridized carbons (Fsp3) is 0.429. The highest BCUT2D eigenvalue weighted by Crippen LogP contribution is 2.42. The number of benzene rings is 1. The van der Waals surface area contributed by atoms with Gasteiger partial charge in [0.25, 0.3) is 0 Å². The molecule has 19 heavy (non-hydrogen) atoms. The summed E-state index contributed by atoms with van der Waals surface area (Å²) in [5.74, 6) is 2.09. The molecule has 4 nitrogen and oxygen atoms in total. The summed E-state index contributed by atoms with van der Waals surface area (Å²) in [6.45, 7) is 2.02. The Morgan fingerprint density at radius 1 is 1.47 bits per heavy atom. The van der Waals surface area contributed by atoms with E-state index in [1.54, 1.807) is 0 Å². The molecule has 0 spiro atoms. The Morgan fingerprint density at radius 3 is 3.16 bits per heavy atom. The van der Waals surface area contributed by atoms with Gasteiger partial charge in [-0.15, -0.1) is 11.8 Å². The molecule has 0 saturated carbocycles. The summed E-state index contributed by atoms with van der Waals surface area (Å²) in [7, 11) is 0. The molecule has 0 saturated heterocycles. The third-order valence-corrected chi connectivity index (χ3v) is 4.50. The van der Waals surface area contributed by atoms with E-state index in [4.69, 9.17) is 4.52 Å². The average molecular weight is 276 g/mol. The lowest BCUT2D eigenvalue weighted by atomic mass is 10.0. The lowest BCUT2D eigenvalue weighted by Crippen LogP contribution is -2.02. The zero-order valence-corrected chi connectivity index (χ0v) is 11.6. The molecule has 1 aromatic heterocycles. The van der Waals surface area contributed by atoms with Crippen LogP contribution in [0.25, 0.3) is 0 Å². The van der Waals surface area contributed by atoms with E-state index >= 15 is 0 Å². The molecule has 0 bridgehead atoms. The molecule has 2 unspecified atom stereocenters. The first-order chi connectivity index (χ1) is 9.29. The Bertz CT molecular complexity index is 570. The topological polar surface area (TPSA) is 59.2 Å². The third-order valence-electron chi connectivity index (χ3n) is 3.32. The summed E-state index contributed by atoms with van der Waals surface area (Å²) >= 11 is 1.81. The Labute approximate surface area is 116 Å². The van der Waals surface area contributed by atoms with Crippen LogP contribution in [0.1, 0.15) is 49.1 Å². The molecule has 1 aliphatic heterocycles. The maximum Gasteiger partial charge on any atom is 0.235 e. The van der Waals surface area contributed by atoms with E-state index in [9.17, 15) is 5.11 Å². The molecule has 2 aromatic rings. The first-order valence-corrected chi connectivity index (χ1v) is 7.51. The van der Waals surface area contributed by atoms with Crippen molar-refractivity contribution in [3.8, 4) is 0 Å². The predicted molar refractivity (Wildman–Crippen MR) is 73.2 cm³/mol. The van der Waals surface area contributed by atoms with Crippen LogP contribution in [0.4, 0.5) is 0 Å². The summed E-state index contributed by atoms with van der Waals surface area (Å²) in [4.78, 5) is 5.65. The number of hydrogen-bond acceptors (Lipinski definition) is 5. The molecular formula is C14H16N2O2S. The quantitative estimate of drug-likeness (QED) is 0.929. The van der Waals surface area contributed by atoms with Crippen molar-refractivity contribution in [1.82, 2.24) is 10.1 Å². The van der Waals surface area contributed by atoms with E-state index in [0.717, 1.165) is 12.2 Å². The van der Waals surface area contributed by atoms with Crippen molar-refractivity contribution in [3.05, 3.63) is 41.5 Å². The number of aliphatic hydroxyl groups is 1. The first kappa shape index (κ1) is 12.7. The largest absolute Gasteiger partial charge is 0.385 e. The number of nitrogens with zero attached hydrogens (tertiary/aromatic N) is 2. The maximum absolute atomic E-state index is 9.88. The molecule has 1 aromatic carbocycles. The van der Waals surface area contributed by atoms with Gasteiger partial charge in [0.2, 0.25) is 5.89 Å². The lowest BCUT2D eigenvalue weighted by molar-refractivity contribution is 0.152. The van der Waals surface area contributed by atoms with Gasteiger partial charge in [0, 0.05) is 10.6 Å². The van der Waals surface area contributed by atoms with Crippen molar-refractivity contribution in [2.75, 3.05) is 5.75 Å². The van der Waals surface area contributed by atoms with E-state index < -0.39 is 6.10 Å². The van der Waals surface area contributed by atoms with Crippen molar-refractivity contribution in [3.63, 3.8) is 0 Å². The summed E-state index contributed by atoms with van der Waals surface area (Å²) in [6.07, 6.45) is 0.939. The lowest BCUT2D eigenvalue weighted by Gasteiger charge is -2.04. The van der Waals surface area contributed by atoms with Gasteiger partial charge < -0.3 is 9.63 Å². The molecule has 0 radical (unpaired) electrons. The van der Waals surface area contributed by atoms with Crippen LogP contribution in [-0.2, 0) is 0 Å². The van der Waals surface area contributed by atoms with Gasteiger partial charge in [-0.2, -0.15) is 4.98 Å². The van der Waals surface area contributed by atoms with Gasteiger partial charge in [0.15, 0.2) is 5.82 Å². The normalized spacial score (nSPS) is 19.4. The SMILES string of the molecule is CCCC(O)c1noc(C2CSc3ccccc32)n1. The molecule has 2 heterocycles. The molecule has 100 valence electrons. The van der Waals surface area contributed by atoms with Gasteiger partial charge in [-0.25, -0.2) is 0 Å². The highest BCUT2D eigenvalue weighted by molar-refractivity contribution is 7.99. The Morgan fingerprint density at radius 2 is 2.32 bits per heavy atom. The fourth-order valence-corrected chi connectivity index (χ4v) is 3.51. The van der Waals surface area contributed by atoms with Crippen LogP contribution >= 0.6 is 11.8 Å². The minimum absolute atomic E-state index is 0.149. The van der Waals surface area contributed by atoms with Gasteiger partial charge in [0.05, 0.1) is 5.92 Å². The summed E-state index contributed by atoms with van der Waals surface area (Å²) in [5.41, 5.74) is 1.24. The van der Waals surface area contributed by atoms with Crippen molar-refractivity contribution >= 4 is 11.8 Å². The van der Waals surface area contributed by atoms with Crippen LogP contribution in [0.15, 0.2) is 33.7 Å². The Kier molecular flexibility index (Phi) is 3.57. The minimum Gasteiger partial charge on any atom is -0.385 e. The number of aromatic nitrogens is 2. The highest BCUT2D eigenvalue weighted by atomic mass is 32.2. The molecule has 0 aliphatic carbocycles. The number of rotatable bonds is 4. The smallest absolute Gasteiger partial charge is 0.235 e. The Balaban J connectivity index is 1.85. The molecule has 0 amide bonds. The zero-order chi connectivity index (χ0) is 13.2. The highest BCUT2D eigenvalue weighted by Gasteiger charge is 2.29. The molecular weight excluding hydrogens is 260 g/mol. The molecule has 1 N–H and O–H groups in total. The fourth-order valence-electron chi connectivity index (χ4n) is 2.29.